The summed E-state index contributed by atoms with van der Waals surface area (Å²) in [5, 5.41) is 0. The highest BCUT2D eigenvalue weighted by Crippen LogP contribution is 2.36. The van der Waals surface area contributed by atoms with Gasteiger partial charge in [-0.25, -0.2) is 4.98 Å². The number of rotatable bonds is 3. The third-order valence-corrected chi connectivity index (χ3v) is 2.72. The van der Waals surface area contributed by atoms with Crippen LogP contribution in [0.2, 0.25) is 0 Å². The average Bonchev–Trinajstić information content (AvgIpc) is 2.17. The van der Waals surface area contributed by atoms with Crippen LogP contribution >= 0.6 is 0 Å². The molecule has 0 bridgehead atoms. The molecule has 0 fully saturated rings. The minimum Gasteiger partial charge on any atom is -0.496 e. The summed E-state index contributed by atoms with van der Waals surface area (Å²) in [5.74, 6) is 1.39. The molecule has 3 nitrogen and oxygen atoms in total. The SMILES string of the molecule is CCC(C)(C)c1c(OC)ccnc1N. The zero-order valence-electron chi connectivity index (χ0n) is 9.29. The maximum atomic E-state index is 5.87. The van der Waals surface area contributed by atoms with Crippen LogP contribution in [0.25, 0.3) is 0 Å². The van der Waals surface area contributed by atoms with Crippen molar-refractivity contribution in [1.29, 1.82) is 0 Å². The number of pyridine rings is 1. The monoisotopic (exact) mass is 194 g/mol. The Hall–Kier alpha value is -1.25. The van der Waals surface area contributed by atoms with Crippen LogP contribution in [-0.2, 0) is 5.41 Å². The van der Waals surface area contributed by atoms with Gasteiger partial charge in [-0.15, -0.1) is 0 Å². The van der Waals surface area contributed by atoms with Gasteiger partial charge in [-0.2, -0.15) is 0 Å². The van der Waals surface area contributed by atoms with E-state index >= 15 is 0 Å². The second kappa shape index (κ2) is 3.86. The molecule has 2 N–H and O–H groups in total. The van der Waals surface area contributed by atoms with E-state index in [2.05, 4.69) is 25.8 Å². The maximum absolute atomic E-state index is 5.87. The number of anilines is 1. The molecule has 14 heavy (non-hydrogen) atoms. The van der Waals surface area contributed by atoms with E-state index in [9.17, 15) is 0 Å². The molecule has 0 amide bonds. The van der Waals surface area contributed by atoms with Crippen LogP contribution < -0.4 is 10.5 Å². The molecule has 1 heterocycles. The summed E-state index contributed by atoms with van der Waals surface area (Å²) < 4.78 is 5.29. The third-order valence-electron chi connectivity index (χ3n) is 2.72. The van der Waals surface area contributed by atoms with E-state index in [0.29, 0.717) is 5.82 Å². The summed E-state index contributed by atoms with van der Waals surface area (Å²) >= 11 is 0. The van der Waals surface area contributed by atoms with Crippen molar-refractivity contribution in [3.63, 3.8) is 0 Å². The molecule has 0 unspecified atom stereocenters. The van der Waals surface area contributed by atoms with Crippen molar-refractivity contribution in [2.24, 2.45) is 0 Å². The highest BCUT2D eigenvalue weighted by atomic mass is 16.5. The predicted octanol–water partition coefficient (Wildman–Crippen LogP) is 2.36. The number of hydrogen-bond acceptors (Lipinski definition) is 3. The van der Waals surface area contributed by atoms with Crippen LogP contribution in [0.1, 0.15) is 32.8 Å². The number of nitrogen functional groups attached to an aromatic ring is 1. The largest absolute Gasteiger partial charge is 0.496 e. The summed E-state index contributed by atoms with van der Waals surface area (Å²) in [6.07, 6.45) is 2.67. The average molecular weight is 194 g/mol. The van der Waals surface area contributed by atoms with E-state index in [0.717, 1.165) is 17.7 Å². The van der Waals surface area contributed by atoms with Crippen molar-refractivity contribution in [1.82, 2.24) is 4.98 Å². The lowest BCUT2D eigenvalue weighted by molar-refractivity contribution is 0.389. The molecule has 0 aliphatic carbocycles. The smallest absolute Gasteiger partial charge is 0.130 e. The molecule has 0 spiro atoms. The summed E-state index contributed by atoms with van der Waals surface area (Å²) in [5.41, 5.74) is 6.88. The van der Waals surface area contributed by atoms with E-state index in [1.807, 2.05) is 6.07 Å². The Balaban J connectivity index is 3.30. The molecule has 0 aliphatic rings. The van der Waals surface area contributed by atoms with Crippen LogP contribution in [0.5, 0.6) is 5.75 Å². The number of nitrogens with two attached hydrogens (primary N) is 1. The van der Waals surface area contributed by atoms with E-state index in [4.69, 9.17) is 10.5 Å². The van der Waals surface area contributed by atoms with E-state index < -0.39 is 0 Å². The van der Waals surface area contributed by atoms with Gasteiger partial charge in [0.25, 0.3) is 0 Å². The second-order valence-corrected chi connectivity index (χ2v) is 4.01. The van der Waals surface area contributed by atoms with Gasteiger partial charge in [0.2, 0.25) is 0 Å². The standard InChI is InChI=1S/C11H18N2O/c1-5-11(2,3)9-8(14-4)6-7-13-10(9)12/h6-7H,5H2,1-4H3,(H2,12,13). The summed E-state index contributed by atoms with van der Waals surface area (Å²) in [4.78, 5) is 4.10. The molecule has 0 radical (unpaired) electrons. The van der Waals surface area contributed by atoms with Gasteiger partial charge in [-0.05, 0) is 17.9 Å². The van der Waals surface area contributed by atoms with Gasteiger partial charge in [-0.3, -0.25) is 0 Å². The van der Waals surface area contributed by atoms with E-state index in [1.165, 1.54) is 0 Å². The highest BCUT2D eigenvalue weighted by molar-refractivity contribution is 5.52. The van der Waals surface area contributed by atoms with Gasteiger partial charge in [0.05, 0.1) is 7.11 Å². The van der Waals surface area contributed by atoms with Gasteiger partial charge in [0, 0.05) is 11.8 Å². The maximum Gasteiger partial charge on any atom is 0.130 e. The van der Waals surface area contributed by atoms with E-state index in [1.54, 1.807) is 13.3 Å². The molecular weight excluding hydrogens is 176 g/mol. The lowest BCUT2D eigenvalue weighted by Crippen LogP contribution is -2.19. The molecule has 0 aromatic carbocycles. The van der Waals surface area contributed by atoms with Crippen LogP contribution in [-0.4, -0.2) is 12.1 Å². The zero-order chi connectivity index (χ0) is 10.8. The van der Waals surface area contributed by atoms with Gasteiger partial charge in [-0.1, -0.05) is 20.8 Å². The first-order valence-electron chi connectivity index (χ1n) is 4.82. The molecule has 1 aromatic rings. The molecule has 0 saturated carbocycles. The Morgan fingerprint density at radius 2 is 2.14 bits per heavy atom. The Kier molecular flexibility index (Phi) is 2.99. The lowest BCUT2D eigenvalue weighted by atomic mass is 9.82. The molecule has 0 aliphatic heterocycles. The number of aromatic nitrogens is 1. The van der Waals surface area contributed by atoms with Crippen LogP contribution in [0.4, 0.5) is 5.82 Å². The first-order valence-corrected chi connectivity index (χ1v) is 4.82. The molecule has 0 saturated heterocycles. The van der Waals surface area contributed by atoms with Crippen molar-refractivity contribution < 1.29 is 4.74 Å². The van der Waals surface area contributed by atoms with Crippen molar-refractivity contribution >= 4 is 5.82 Å². The summed E-state index contributed by atoms with van der Waals surface area (Å²) in [6, 6.07) is 1.85. The molecule has 78 valence electrons. The number of ether oxygens (including phenoxy) is 1. The Morgan fingerprint density at radius 1 is 1.50 bits per heavy atom. The third kappa shape index (κ3) is 1.81. The van der Waals surface area contributed by atoms with Gasteiger partial charge in [0.15, 0.2) is 0 Å². The molecule has 3 heteroatoms. The normalized spacial score (nSPS) is 11.4. The Morgan fingerprint density at radius 3 is 2.64 bits per heavy atom. The van der Waals surface area contributed by atoms with Gasteiger partial charge < -0.3 is 10.5 Å². The fourth-order valence-electron chi connectivity index (χ4n) is 1.49. The van der Waals surface area contributed by atoms with Crippen molar-refractivity contribution in [3.8, 4) is 5.75 Å². The molecule has 1 rings (SSSR count). The van der Waals surface area contributed by atoms with Crippen molar-refractivity contribution in [2.75, 3.05) is 12.8 Å². The van der Waals surface area contributed by atoms with Crippen LogP contribution in [0.15, 0.2) is 12.3 Å². The number of methoxy groups -OCH3 is 1. The zero-order valence-corrected chi connectivity index (χ0v) is 9.29. The number of hydrogen-bond donors (Lipinski definition) is 1. The molecule has 0 atom stereocenters. The van der Waals surface area contributed by atoms with Crippen molar-refractivity contribution in [2.45, 2.75) is 32.6 Å². The summed E-state index contributed by atoms with van der Waals surface area (Å²) in [6.45, 7) is 6.41. The van der Waals surface area contributed by atoms with Gasteiger partial charge >= 0.3 is 0 Å². The minimum absolute atomic E-state index is 0.00366. The fourth-order valence-corrected chi connectivity index (χ4v) is 1.49. The Labute approximate surface area is 85.3 Å². The molecule has 1 aromatic heterocycles. The quantitative estimate of drug-likeness (QED) is 0.803. The highest BCUT2D eigenvalue weighted by Gasteiger charge is 2.25. The lowest BCUT2D eigenvalue weighted by Gasteiger charge is -2.26. The predicted molar refractivity (Wildman–Crippen MR) is 58.5 cm³/mol. The first-order chi connectivity index (χ1) is 6.53. The minimum atomic E-state index is 0.00366. The first kappa shape index (κ1) is 10.8. The fraction of sp³-hybridized carbons (Fsp3) is 0.545. The topological polar surface area (TPSA) is 48.1 Å². The van der Waals surface area contributed by atoms with Crippen LogP contribution in [0.3, 0.4) is 0 Å². The number of nitrogens with zero attached hydrogens (tertiary/aromatic N) is 1. The Bertz CT molecular complexity index is 321. The summed E-state index contributed by atoms with van der Waals surface area (Å²) in [7, 11) is 1.66. The van der Waals surface area contributed by atoms with Gasteiger partial charge in [0.1, 0.15) is 11.6 Å². The van der Waals surface area contributed by atoms with Crippen LogP contribution in [0, 0.1) is 0 Å². The molecular formula is C11H18N2O. The van der Waals surface area contributed by atoms with E-state index in [-0.39, 0.29) is 5.41 Å². The second-order valence-electron chi connectivity index (χ2n) is 4.01. The van der Waals surface area contributed by atoms with Crippen molar-refractivity contribution in [3.05, 3.63) is 17.8 Å².